The lowest BCUT2D eigenvalue weighted by atomic mass is 10.1. The van der Waals surface area contributed by atoms with Crippen LogP contribution >= 0.6 is 0 Å². The summed E-state index contributed by atoms with van der Waals surface area (Å²) < 4.78 is 9.88. The molecule has 1 rings (SSSR count). The summed E-state index contributed by atoms with van der Waals surface area (Å²) in [5.41, 5.74) is 1.75. The maximum Gasteiger partial charge on any atom is 0.317 e. The highest BCUT2D eigenvalue weighted by Gasteiger charge is 2.09. The normalized spacial score (nSPS) is 9.76. The third kappa shape index (κ3) is 4.14. The van der Waals surface area contributed by atoms with E-state index in [0.29, 0.717) is 0 Å². The van der Waals surface area contributed by atoms with Crippen molar-refractivity contribution in [2.24, 2.45) is 0 Å². The Morgan fingerprint density at radius 1 is 1.35 bits per heavy atom. The fraction of sp³-hybridized carbons (Fsp3) is 0.333. The van der Waals surface area contributed by atoms with Crippen LogP contribution in [-0.2, 0) is 20.9 Å². The van der Waals surface area contributed by atoms with E-state index in [9.17, 15) is 9.59 Å². The second-order valence-corrected chi connectivity index (χ2v) is 3.52. The summed E-state index contributed by atoms with van der Waals surface area (Å²) in [6.07, 6.45) is -0.616. The van der Waals surface area contributed by atoms with Gasteiger partial charge in [-0.05, 0) is 30.2 Å². The topological polar surface area (TPSA) is 72.8 Å². The molecule has 0 aliphatic carbocycles. The molecular weight excluding hydrogens is 224 g/mol. The van der Waals surface area contributed by atoms with Gasteiger partial charge in [-0.3, -0.25) is 9.59 Å². The molecule has 0 saturated heterocycles. The van der Waals surface area contributed by atoms with Gasteiger partial charge in [0.2, 0.25) is 0 Å². The van der Waals surface area contributed by atoms with Crippen LogP contribution in [0.5, 0.6) is 5.75 Å². The lowest BCUT2D eigenvalue weighted by Crippen LogP contribution is -2.10. The predicted molar refractivity (Wildman–Crippen MR) is 59.8 cm³/mol. The smallest absolute Gasteiger partial charge is 0.317 e. The van der Waals surface area contributed by atoms with Crippen molar-refractivity contribution >= 4 is 11.9 Å². The lowest BCUT2D eigenvalue weighted by molar-refractivity contribution is -0.152. The second-order valence-electron chi connectivity index (χ2n) is 3.52. The Morgan fingerprint density at radius 3 is 2.59 bits per heavy atom. The summed E-state index contributed by atoms with van der Waals surface area (Å²) in [7, 11) is 1.57. The van der Waals surface area contributed by atoms with Gasteiger partial charge in [0, 0.05) is 0 Å². The molecule has 5 heteroatoms. The van der Waals surface area contributed by atoms with Crippen LogP contribution in [-0.4, -0.2) is 24.2 Å². The van der Waals surface area contributed by atoms with E-state index in [-0.39, 0.29) is 6.61 Å². The highest BCUT2D eigenvalue weighted by molar-refractivity contribution is 5.90. The molecule has 0 amide bonds. The van der Waals surface area contributed by atoms with Crippen molar-refractivity contribution in [3.05, 3.63) is 29.3 Å². The van der Waals surface area contributed by atoms with Gasteiger partial charge in [0.25, 0.3) is 0 Å². The molecule has 0 spiro atoms. The van der Waals surface area contributed by atoms with Gasteiger partial charge in [0.1, 0.15) is 18.8 Å². The van der Waals surface area contributed by atoms with Gasteiger partial charge in [0.15, 0.2) is 0 Å². The zero-order valence-corrected chi connectivity index (χ0v) is 9.73. The molecule has 0 unspecified atom stereocenters. The molecule has 0 aromatic heterocycles. The molecule has 1 aromatic carbocycles. The number of carbonyl (C=O) groups excluding carboxylic acids is 1. The number of hydrogen-bond donors (Lipinski definition) is 1. The Hall–Kier alpha value is -2.04. The van der Waals surface area contributed by atoms with Crippen molar-refractivity contribution in [2.45, 2.75) is 20.0 Å². The molecule has 0 radical (unpaired) electrons. The van der Waals surface area contributed by atoms with Crippen LogP contribution in [0.3, 0.4) is 0 Å². The number of methoxy groups -OCH3 is 1. The van der Waals surface area contributed by atoms with Crippen LogP contribution in [0.1, 0.15) is 17.5 Å². The van der Waals surface area contributed by atoms with E-state index in [2.05, 4.69) is 0 Å². The summed E-state index contributed by atoms with van der Waals surface area (Å²) in [5.74, 6) is -1.21. The lowest BCUT2D eigenvalue weighted by Gasteiger charge is -2.08. The van der Waals surface area contributed by atoms with E-state index in [0.717, 1.165) is 16.9 Å². The minimum absolute atomic E-state index is 0.0714. The number of ether oxygens (including phenoxy) is 2. The summed E-state index contributed by atoms with van der Waals surface area (Å²) >= 11 is 0. The van der Waals surface area contributed by atoms with E-state index < -0.39 is 18.4 Å². The predicted octanol–water partition coefficient (Wildman–Crippen LogP) is 1.52. The Balaban J connectivity index is 2.57. The largest absolute Gasteiger partial charge is 0.497 e. The average Bonchev–Trinajstić information content (AvgIpc) is 2.26. The summed E-state index contributed by atoms with van der Waals surface area (Å²) in [4.78, 5) is 21.3. The fourth-order valence-corrected chi connectivity index (χ4v) is 1.29. The van der Waals surface area contributed by atoms with Crippen LogP contribution in [0.15, 0.2) is 18.2 Å². The highest BCUT2D eigenvalue weighted by Crippen LogP contribution is 2.17. The summed E-state index contributed by atoms with van der Waals surface area (Å²) in [6, 6.07) is 5.36. The zero-order valence-electron chi connectivity index (χ0n) is 9.73. The first kappa shape index (κ1) is 13.0. The van der Waals surface area contributed by atoms with Crippen LogP contribution in [0.25, 0.3) is 0 Å². The van der Waals surface area contributed by atoms with E-state index in [1.807, 2.05) is 13.0 Å². The number of esters is 1. The van der Waals surface area contributed by atoms with Crippen molar-refractivity contribution in [2.75, 3.05) is 7.11 Å². The molecule has 92 valence electrons. The molecular formula is C12H14O5. The quantitative estimate of drug-likeness (QED) is 0.622. The van der Waals surface area contributed by atoms with Gasteiger partial charge in [-0.25, -0.2) is 0 Å². The zero-order chi connectivity index (χ0) is 12.8. The molecule has 0 saturated carbocycles. The molecule has 17 heavy (non-hydrogen) atoms. The first-order chi connectivity index (χ1) is 8.02. The standard InChI is InChI=1S/C12H14O5/c1-8-5-10(16-2)4-3-9(8)7-17-12(15)6-11(13)14/h3-5H,6-7H2,1-2H3,(H,13,14). The number of carboxylic acids is 1. The molecule has 0 aliphatic rings. The Labute approximate surface area is 99.0 Å². The number of carbonyl (C=O) groups is 2. The summed E-state index contributed by atoms with van der Waals surface area (Å²) in [5, 5.41) is 8.39. The van der Waals surface area contributed by atoms with Gasteiger partial charge in [-0.15, -0.1) is 0 Å². The second kappa shape index (κ2) is 5.89. The first-order valence-electron chi connectivity index (χ1n) is 5.04. The van der Waals surface area contributed by atoms with Crippen LogP contribution in [0.4, 0.5) is 0 Å². The van der Waals surface area contributed by atoms with Crippen LogP contribution in [0.2, 0.25) is 0 Å². The minimum atomic E-state index is -1.19. The molecule has 5 nitrogen and oxygen atoms in total. The molecule has 1 N–H and O–H groups in total. The van der Waals surface area contributed by atoms with Gasteiger partial charge in [0.05, 0.1) is 7.11 Å². The maximum atomic E-state index is 11.0. The number of aliphatic carboxylic acids is 1. The molecule has 1 aromatic rings. The fourth-order valence-electron chi connectivity index (χ4n) is 1.29. The third-order valence-corrected chi connectivity index (χ3v) is 2.23. The first-order valence-corrected chi connectivity index (χ1v) is 5.04. The minimum Gasteiger partial charge on any atom is -0.497 e. The molecule has 0 atom stereocenters. The van der Waals surface area contributed by atoms with Crippen molar-refractivity contribution in [3.8, 4) is 5.75 Å². The van der Waals surface area contributed by atoms with Crippen molar-refractivity contribution in [3.63, 3.8) is 0 Å². The van der Waals surface area contributed by atoms with E-state index in [1.165, 1.54) is 0 Å². The average molecular weight is 238 g/mol. The number of carboxylic acid groups (broad SMARTS) is 1. The maximum absolute atomic E-state index is 11.0. The monoisotopic (exact) mass is 238 g/mol. The van der Waals surface area contributed by atoms with Crippen molar-refractivity contribution < 1.29 is 24.2 Å². The SMILES string of the molecule is COc1ccc(COC(=O)CC(=O)O)c(C)c1. The van der Waals surface area contributed by atoms with Gasteiger partial charge in [-0.1, -0.05) is 6.07 Å². The summed E-state index contributed by atoms with van der Waals surface area (Å²) in [6.45, 7) is 1.94. The number of aryl methyl sites for hydroxylation is 1. The molecule has 0 aliphatic heterocycles. The third-order valence-electron chi connectivity index (χ3n) is 2.23. The van der Waals surface area contributed by atoms with Gasteiger partial charge < -0.3 is 14.6 Å². The van der Waals surface area contributed by atoms with Crippen molar-refractivity contribution in [1.82, 2.24) is 0 Å². The van der Waals surface area contributed by atoms with E-state index in [4.69, 9.17) is 14.6 Å². The number of rotatable bonds is 5. The highest BCUT2D eigenvalue weighted by atomic mass is 16.5. The number of benzene rings is 1. The van der Waals surface area contributed by atoms with Crippen LogP contribution in [0, 0.1) is 6.92 Å². The van der Waals surface area contributed by atoms with Crippen LogP contribution < -0.4 is 4.74 Å². The molecule has 0 heterocycles. The van der Waals surface area contributed by atoms with Gasteiger partial charge in [-0.2, -0.15) is 0 Å². The molecule has 0 bridgehead atoms. The van der Waals surface area contributed by atoms with E-state index in [1.54, 1.807) is 19.2 Å². The van der Waals surface area contributed by atoms with E-state index >= 15 is 0 Å². The van der Waals surface area contributed by atoms with Gasteiger partial charge >= 0.3 is 11.9 Å². The Morgan fingerprint density at radius 2 is 2.06 bits per heavy atom. The Kier molecular flexibility index (Phi) is 4.51. The van der Waals surface area contributed by atoms with Crippen molar-refractivity contribution in [1.29, 1.82) is 0 Å². The Bertz CT molecular complexity index is 425. The molecule has 0 fully saturated rings. The number of hydrogen-bond acceptors (Lipinski definition) is 4.